The van der Waals surface area contributed by atoms with Gasteiger partial charge in [-0.25, -0.2) is 9.59 Å². The first-order chi connectivity index (χ1) is 10.2. The van der Waals surface area contributed by atoms with Gasteiger partial charge in [-0.15, -0.1) is 0 Å². The van der Waals surface area contributed by atoms with E-state index in [4.69, 9.17) is 9.47 Å². The molecule has 1 rings (SSSR count). The van der Waals surface area contributed by atoms with Crippen LogP contribution >= 0.6 is 0 Å². The summed E-state index contributed by atoms with van der Waals surface area (Å²) in [5, 5.41) is 5.28. The Morgan fingerprint density at radius 2 is 1.91 bits per heavy atom. The van der Waals surface area contributed by atoms with Gasteiger partial charge in [-0.2, -0.15) is 0 Å². The molecule has 0 aliphatic carbocycles. The number of amides is 2. The van der Waals surface area contributed by atoms with Gasteiger partial charge in [-0.05, 0) is 46.2 Å². The summed E-state index contributed by atoms with van der Waals surface area (Å²) in [6, 6.07) is 6.55. The summed E-state index contributed by atoms with van der Waals surface area (Å²) in [6.45, 7) is 9.32. The van der Waals surface area contributed by atoms with E-state index in [0.717, 1.165) is 6.42 Å². The summed E-state index contributed by atoms with van der Waals surface area (Å²) in [5.41, 5.74) is 0.113. The standard InChI is InChI=1S/C16H24N2O4/c1-6-11(2)21-14(19)17-12-8-7-9-13(10-12)22-15(20)18-16(3,4)5/h7-11H,6H2,1-5H3,(H,17,19)(H,18,20). The second-order valence-electron chi connectivity index (χ2n) is 6.04. The van der Waals surface area contributed by atoms with Crippen LogP contribution in [0.4, 0.5) is 15.3 Å². The first-order valence-electron chi connectivity index (χ1n) is 7.27. The molecule has 1 unspecified atom stereocenters. The lowest BCUT2D eigenvalue weighted by atomic mass is 10.1. The normalized spacial score (nSPS) is 12.2. The number of carbonyl (C=O) groups excluding carboxylic acids is 2. The largest absolute Gasteiger partial charge is 0.446 e. The molecular weight excluding hydrogens is 284 g/mol. The highest BCUT2D eigenvalue weighted by Crippen LogP contribution is 2.18. The summed E-state index contributed by atoms with van der Waals surface area (Å²) < 4.78 is 10.3. The summed E-state index contributed by atoms with van der Waals surface area (Å²) in [6.07, 6.45) is -0.502. The van der Waals surface area contributed by atoms with Gasteiger partial charge >= 0.3 is 12.2 Å². The smallest absolute Gasteiger partial charge is 0.413 e. The molecule has 2 amide bonds. The third-order valence-corrected chi connectivity index (χ3v) is 2.65. The highest BCUT2D eigenvalue weighted by molar-refractivity contribution is 5.85. The first kappa shape index (κ1) is 17.8. The fourth-order valence-corrected chi connectivity index (χ4v) is 1.49. The van der Waals surface area contributed by atoms with Gasteiger partial charge in [-0.1, -0.05) is 13.0 Å². The Morgan fingerprint density at radius 1 is 1.23 bits per heavy atom. The topological polar surface area (TPSA) is 76.7 Å². The number of ether oxygens (including phenoxy) is 2. The van der Waals surface area contributed by atoms with E-state index in [-0.39, 0.29) is 11.6 Å². The maximum atomic E-state index is 11.7. The number of benzene rings is 1. The Balaban J connectivity index is 2.62. The van der Waals surface area contributed by atoms with Gasteiger partial charge in [0.1, 0.15) is 11.9 Å². The van der Waals surface area contributed by atoms with Crippen molar-refractivity contribution in [3.05, 3.63) is 24.3 Å². The van der Waals surface area contributed by atoms with E-state index in [2.05, 4.69) is 10.6 Å². The molecule has 6 heteroatoms. The van der Waals surface area contributed by atoms with E-state index < -0.39 is 12.2 Å². The molecule has 22 heavy (non-hydrogen) atoms. The van der Waals surface area contributed by atoms with Gasteiger partial charge in [-0.3, -0.25) is 5.32 Å². The van der Waals surface area contributed by atoms with Crippen molar-refractivity contribution in [1.82, 2.24) is 5.32 Å². The van der Waals surface area contributed by atoms with Crippen LogP contribution in [0.5, 0.6) is 5.75 Å². The predicted octanol–water partition coefficient (Wildman–Crippen LogP) is 3.92. The van der Waals surface area contributed by atoms with Gasteiger partial charge in [0.05, 0.1) is 0 Å². The number of hydrogen-bond acceptors (Lipinski definition) is 4. The second-order valence-corrected chi connectivity index (χ2v) is 6.04. The minimum atomic E-state index is -0.549. The molecule has 1 atom stereocenters. The summed E-state index contributed by atoms with van der Waals surface area (Å²) in [5.74, 6) is 0.336. The van der Waals surface area contributed by atoms with E-state index in [0.29, 0.717) is 11.4 Å². The molecule has 0 spiro atoms. The zero-order valence-electron chi connectivity index (χ0n) is 13.7. The van der Waals surface area contributed by atoms with Crippen LogP contribution in [0, 0.1) is 0 Å². The minimum Gasteiger partial charge on any atom is -0.446 e. The predicted molar refractivity (Wildman–Crippen MR) is 85.2 cm³/mol. The first-order valence-corrected chi connectivity index (χ1v) is 7.27. The molecule has 2 N–H and O–H groups in total. The van der Waals surface area contributed by atoms with Crippen LogP contribution < -0.4 is 15.4 Å². The summed E-state index contributed by atoms with van der Waals surface area (Å²) >= 11 is 0. The molecule has 0 bridgehead atoms. The summed E-state index contributed by atoms with van der Waals surface area (Å²) in [4.78, 5) is 23.4. The lowest BCUT2D eigenvalue weighted by Gasteiger charge is -2.20. The number of carbonyl (C=O) groups is 2. The second kappa shape index (κ2) is 7.68. The minimum absolute atomic E-state index is 0.156. The van der Waals surface area contributed by atoms with Gasteiger partial charge in [0.2, 0.25) is 0 Å². The molecule has 0 saturated carbocycles. The SMILES string of the molecule is CCC(C)OC(=O)Nc1cccc(OC(=O)NC(C)(C)C)c1. The number of hydrogen-bond donors (Lipinski definition) is 2. The van der Waals surface area contributed by atoms with Gasteiger partial charge < -0.3 is 14.8 Å². The Hall–Kier alpha value is -2.24. The molecule has 0 aliphatic rings. The monoisotopic (exact) mass is 308 g/mol. The van der Waals surface area contributed by atoms with Gasteiger partial charge in [0.15, 0.2) is 0 Å². The molecule has 1 aromatic rings. The quantitative estimate of drug-likeness (QED) is 0.883. The van der Waals surface area contributed by atoms with Crippen molar-refractivity contribution >= 4 is 17.9 Å². The van der Waals surface area contributed by atoms with Crippen LogP contribution in [0.15, 0.2) is 24.3 Å². The Bertz CT molecular complexity index is 523. The van der Waals surface area contributed by atoms with Crippen molar-refractivity contribution < 1.29 is 19.1 Å². The van der Waals surface area contributed by atoms with Crippen LogP contribution in [0.25, 0.3) is 0 Å². The molecule has 0 radical (unpaired) electrons. The van der Waals surface area contributed by atoms with Crippen molar-refractivity contribution in [3.63, 3.8) is 0 Å². The molecule has 0 aromatic heterocycles. The molecule has 0 aliphatic heterocycles. The number of rotatable bonds is 4. The number of anilines is 1. The van der Waals surface area contributed by atoms with Crippen molar-refractivity contribution in [1.29, 1.82) is 0 Å². The van der Waals surface area contributed by atoms with Crippen LogP contribution in [0.3, 0.4) is 0 Å². The van der Waals surface area contributed by atoms with Gasteiger partial charge in [0.25, 0.3) is 0 Å². The molecule has 0 saturated heterocycles. The van der Waals surface area contributed by atoms with Crippen LogP contribution in [0.2, 0.25) is 0 Å². The average molecular weight is 308 g/mol. The fourth-order valence-electron chi connectivity index (χ4n) is 1.49. The number of nitrogens with one attached hydrogen (secondary N) is 2. The lowest BCUT2D eigenvalue weighted by Crippen LogP contribution is -2.42. The molecule has 0 fully saturated rings. The Labute approximate surface area is 131 Å². The zero-order valence-corrected chi connectivity index (χ0v) is 13.7. The van der Waals surface area contributed by atoms with Crippen molar-refractivity contribution in [2.45, 2.75) is 52.7 Å². The van der Waals surface area contributed by atoms with Crippen LogP contribution in [0.1, 0.15) is 41.0 Å². The van der Waals surface area contributed by atoms with Crippen molar-refractivity contribution in [2.75, 3.05) is 5.32 Å². The maximum absolute atomic E-state index is 11.7. The van der Waals surface area contributed by atoms with E-state index in [1.807, 2.05) is 34.6 Å². The lowest BCUT2D eigenvalue weighted by molar-refractivity contribution is 0.118. The fraction of sp³-hybridized carbons (Fsp3) is 0.500. The molecule has 6 nitrogen and oxygen atoms in total. The molecule has 1 aromatic carbocycles. The van der Waals surface area contributed by atoms with E-state index in [1.165, 1.54) is 0 Å². The highest BCUT2D eigenvalue weighted by Gasteiger charge is 2.15. The van der Waals surface area contributed by atoms with Crippen molar-refractivity contribution in [2.24, 2.45) is 0 Å². The van der Waals surface area contributed by atoms with Gasteiger partial charge in [0, 0.05) is 17.3 Å². The summed E-state index contributed by atoms with van der Waals surface area (Å²) in [7, 11) is 0. The molecular formula is C16H24N2O4. The van der Waals surface area contributed by atoms with E-state index in [9.17, 15) is 9.59 Å². The molecule has 0 heterocycles. The Morgan fingerprint density at radius 3 is 2.50 bits per heavy atom. The highest BCUT2D eigenvalue weighted by atomic mass is 16.6. The van der Waals surface area contributed by atoms with Crippen molar-refractivity contribution in [3.8, 4) is 5.75 Å². The third-order valence-electron chi connectivity index (χ3n) is 2.65. The zero-order chi connectivity index (χ0) is 16.8. The Kier molecular flexibility index (Phi) is 6.22. The van der Waals surface area contributed by atoms with E-state index >= 15 is 0 Å². The average Bonchev–Trinajstić information content (AvgIpc) is 2.36. The third kappa shape index (κ3) is 6.97. The van der Waals surface area contributed by atoms with Crippen LogP contribution in [-0.2, 0) is 4.74 Å². The van der Waals surface area contributed by atoms with E-state index in [1.54, 1.807) is 24.3 Å². The maximum Gasteiger partial charge on any atom is 0.413 e. The van der Waals surface area contributed by atoms with Crippen LogP contribution in [-0.4, -0.2) is 23.8 Å². The molecule has 122 valence electrons.